The first-order valence-electron chi connectivity index (χ1n) is 9.38. The van der Waals surface area contributed by atoms with Crippen molar-refractivity contribution in [3.05, 3.63) is 0 Å². The smallest absolute Gasteiger partial charge is 0.0434 e. The van der Waals surface area contributed by atoms with Gasteiger partial charge in [-0.1, -0.05) is 32.6 Å². The van der Waals surface area contributed by atoms with Crippen LogP contribution in [0.5, 0.6) is 0 Å². The lowest BCUT2D eigenvalue weighted by molar-refractivity contribution is 0.116. The van der Waals surface area contributed by atoms with E-state index < -0.39 is 0 Å². The zero-order chi connectivity index (χ0) is 14.9. The molecule has 2 unspecified atom stereocenters. The Morgan fingerprint density at radius 3 is 2.62 bits per heavy atom. The van der Waals surface area contributed by atoms with Gasteiger partial charge in [-0.25, -0.2) is 0 Å². The molecule has 1 heterocycles. The molecule has 0 amide bonds. The van der Waals surface area contributed by atoms with Crippen LogP contribution in [0.2, 0.25) is 0 Å². The second kappa shape index (κ2) is 9.81. The molecule has 1 saturated heterocycles. The Hall–Kier alpha value is -0.120. The number of nitrogens with one attached hydrogen (secondary N) is 1. The molecule has 1 aliphatic heterocycles. The van der Waals surface area contributed by atoms with Crippen LogP contribution in [0.15, 0.2) is 0 Å². The van der Waals surface area contributed by atoms with Crippen LogP contribution in [0, 0.1) is 11.8 Å². The molecule has 2 atom stereocenters. The molecule has 3 nitrogen and oxygen atoms in total. The van der Waals surface area contributed by atoms with Crippen molar-refractivity contribution < 1.29 is 5.11 Å². The Morgan fingerprint density at radius 1 is 1.10 bits per heavy atom. The van der Waals surface area contributed by atoms with Gasteiger partial charge in [-0.05, 0) is 57.0 Å². The van der Waals surface area contributed by atoms with Crippen LogP contribution in [0.4, 0.5) is 0 Å². The minimum absolute atomic E-state index is 0.349. The molecule has 0 radical (unpaired) electrons. The Labute approximate surface area is 131 Å². The highest BCUT2D eigenvalue weighted by atomic mass is 16.3. The highest BCUT2D eigenvalue weighted by Gasteiger charge is 2.27. The number of unbranched alkanes of at least 4 members (excludes halogenated alkanes) is 1. The molecule has 1 aliphatic carbocycles. The van der Waals surface area contributed by atoms with E-state index in [0.717, 1.165) is 12.3 Å². The second-order valence-corrected chi connectivity index (χ2v) is 7.34. The average molecular weight is 296 g/mol. The van der Waals surface area contributed by atoms with Gasteiger partial charge >= 0.3 is 0 Å². The van der Waals surface area contributed by atoms with E-state index in [-0.39, 0.29) is 0 Å². The van der Waals surface area contributed by atoms with Crippen LogP contribution >= 0.6 is 0 Å². The van der Waals surface area contributed by atoms with Crippen molar-refractivity contribution in [1.29, 1.82) is 0 Å². The van der Waals surface area contributed by atoms with Crippen LogP contribution in [-0.4, -0.2) is 48.8 Å². The van der Waals surface area contributed by atoms with Gasteiger partial charge in [0.25, 0.3) is 0 Å². The highest BCUT2D eigenvalue weighted by molar-refractivity contribution is 4.84. The molecule has 2 aliphatic rings. The first-order valence-corrected chi connectivity index (χ1v) is 9.38. The summed E-state index contributed by atoms with van der Waals surface area (Å²) in [7, 11) is 0. The van der Waals surface area contributed by atoms with Crippen molar-refractivity contribution in [1.82, 2.24) is 10.2 Å². The second-order valence-electron chi connectivity index (χ2n) is 7.34. The summed E-state index contributed by atoms with van der Waals surface area (Å²) < 4.78 is 0. The molecule has 3 heteroatoms. The summed E-state index contributed by atoms with van der Waals surface area (Å²) in [4.78, 5) is 2.63. The molecule has 1 saturated carbocycles. The number of rotatable bonds is 8. The molecule has 0 aromatic carbocycles. The van der Waals surface area contributed by atoms with E-state index in [1.165, 1.54) is 77.5 Å². The average Bonchev–Trinajstić information content (AvgIpc) is 2.52. The van der Waals surface area contributed by atoms with E-state index in [1.807, 2.05) is 0 Å². The fraction of sp³-hybridized carbons (Fsp3) is 1.00. The summed E-state index contributed by atoms with van der Waals surface area (Å²) in [5.74, 6) is 1.60. The maximum atomic E-state index is 9.26. The molecule has 124 valence electrons. The fourth-order valence-electron chi connectivity index (χ4n) is 4.13. The Balaban J connectivity index is 1.75. The maximum Gasteiger partial charge on any atom is 0.0434 e. The molecular formula is C18H36N2O. The van der Waals surface area contributed by atoms with E-state index in [0.29, 0.717) is 18.6 Å². The van der Waals surface area contributed by atoms with E-state index in [1.54, 1.807) is 0 Å². The van der Waals surface area contributed by atoms with Crippen molar-refractivity contribution >= 4 is 0 Å². The largest absolute Gasteiger partial charge is 0.396 e. The molecule has 2 rings (SSSR count). The summed E-state index contributed by atoms with van der Waals surface area (Å²) in [6.07, 6.45) is 12.0. The lowest BCUT2D eigenvalue weighted by atomic mass is 9.88. The number of nitrogens with zero attached hydrogens (tertiary/aromatic N) is 1. The number of aliphatic hydroxyl groups excluding tert-OH is 1. The third kappa shape index (κ3) is 6.25. The Morgan fingerprint density at radius 2 is 1.90 bits per heavy atom. The van der Waals surface area contributed by atoms with Crippen LogP contribution in [0.25, 0.3) is 0 Å². The summed E-state index contributed by atoms with van der Waals surface area (Å²) in [6, 6.07) is 0.647. The summed E-state index contributed by atoms with van der Waals surface area (Å²) >= 11 is 0. The molecule has 0 bridgehead atoms. The van der Waals surface area contributed by atoms with Gasteiger partial charge in [0.15, 0.2) is 0 Å². The molecule has 0 spiro atoms. The van der Waals surface area contributed by atoms with Gasteiger partial charge in [0, 0.05) is 25.7 Å². The quantitative estimate of drug-likeness (QED) is 0.723. The topological polar surface area (TPSA) is 35.5 Å². The van der Waals surface area contributed by atoms with Gasteiger partial charge in [-0.2, -0.15) is 0 Å². The lowest BCUT2D eigenvalue weighted by Gasteiger charge is -2.39. The van der Waals surface area contributed by atoms with Gasteiger partial charge in [-0.15, -0.1) is 0 Å². The van der Waals surface area contributed by atoms with E-state index in [9.17, 15) is 5.11 Å². The summed E-state index contributed by atoms with van der Waals surface area (Å²) in [5.41, 5.74) is 0. The molecule has 0 aromatic heterocycles. The number of likely N-dealkylation sites (tertiary alicyclic amines) is 1. The van der Waals surface area contributed by atoms with Gasteiger partial charge < -0.3 is 15.3 Å². The summed E-state index contributed by atoms with van der Waals surface area (Å²) in [5, 5.41) is 13.1. The van der Waals surface area contributed by atoms with Gasteiger partial charge in [0.1, 0.15) is 0 Å². The number of hydrogen-bond acceptors (Lipinski definition) is 3. The Kier molecular flexibility index (Phi) is 8.05. The van der Waals surface area contributed by atoms with E-state index in [2.05, 4.69) is 17.1 Å². The van der Waals surface area contributed by atoms with Crippen LogP contribution in [0.3, 0.4) is 0 Å². The normalized spacial score (nSPS) is 28.9. The number of piperidine rings is 1. The summed E-state index contributed by atoms with van der Waals surface area (Å²) in [6.45, 7) is 7.49. The third-order valence-electron chi connectivity index (χ3n) is 5.40. The Bertz CT molecular complexity index is 266. The van der Waals surface area contributed by atoms with Gasteiger partial charge in [-0.3, -0.25) is 0 Å². The fourth-order valence-corrected chi connectivity index (χ4v) is 4.13. The van der Waals surface area contributed by atoms with Crippen LogP contribution in [0.1, 0.15) is 64.7 Å². The molecular weight excluding hydrogens is 260 g/mol. The van der Waals surface area contributed by atoms with Crippen LogP contribution < -0.4 is 5.32 Å². The van der Waals surface area contributed by atoms with Crippen molar-refractivity contribution in [2.45, 2.75) is 70.8 Å². The highest BCUT2D eigenvalue weighted by Crippen LogP contribution is 2.24. The predicted octanol–water partition coefficient (Wildman–Crippen LogP) is 3.03. The van der Waals surface area contributed by atoms with Crippen molar-refractivity contribution in [3.8, 4) is 0 Å². The van der Waals surface area contributed by atoms with Crippen LogP contribution in [-0.2, 0) is 0 Å². The minimum atomic E-state index is 0.349. The van der Waals surface area contributed by atoms with Gasteiger partial charge in [0.2, 0.25) is 0 Å². The first-order chi connectivity index (χ1) is 10.3. The molecule has 0 aromatic rings. The lowest BCUT2D eigenvalue weighted by Crippen LogP contribution is -2.50. The zero-order valence-electron chi connectivity index (χ0n) is 14.0. The minimum Gasteiger partial charge on any atom is -0.396 e. The van der Waals surface area contributed by atoms with Crippen molar-refractivity contribution in [2.24, 2.45) is 11.8 Å². The number of hydrogen-bond donors (Lipinski definition) is 2. The monoisotopic (exact) mass is 296 g/mol. The standard InChI is InChI=1S/C18H36N2O/c1-2-3-10-20-14-17(9-11-21)12-18(15-20)19-13-16-7-5-4-6-8-16/h16-19,21H,2-15H2,1H3. The van der Waals surface area contributed by atoms with E-state index in [4.69, 9.17) is 0 Å². The first kappa shape index (κ1) is 17.2. The number of aliphatic hydroxyl groups is 1. The maximum absolute atomic E-state index is 9.26. The van der Waals surface area contributed by atoms with E-state index >= 15 is 0 Å². The van der Waals surface area contributed by atoms with Crippen molar-refractivity contribution in [2.75, 3.05) is 32.8 Å². The SMILES string of the molecule is CCCCN1CC(CCO)CC(NCC2CCCCC2)C1. The van der Waals surface area contributed by atoms with Gasteiger partial charge in [0.05, 0.1) is 0 Å². The molecule has 2 fully saturated rings. The zero-order valence-corrected chi connectivity index (χ0v) is 14.0. The van der Waals surface area contributed by atoms with Crippen molar-refractivity contribution in [3.63, 3.8) is 0 Å². The third-order valence-corrected chi connectivity index (χ3v) is 5.40. The predicted molar refractivity (Wildman–Crippen MR) is 89.5 cm³/mol. The molecule has 2 N–H and O–H groups in total. The molecule has 21 heavy (non-hydrogen) atoms.